The average molecular weight is 309 g/mol. The van der Waals surface area contributed by atoms with E-state index in [0.717, 1.165) is 24.1 Å². The Hall–Kier alpha value is -2.36. The number of hydrogen-bond acceptors (Lipinski definition) is 2. The van der Waals surface area contributed by atoms with E-state index in [1.807, 2.05) is 59.2 Å². The molecule has 1 aromatic carbocycles. The zero-order valence-corrected chi connectivity index (χ0v) is 13.6. The van der Waals surface area contributed by atoms with Gasteiger partial charge in [-0.05, 0) is 31.1 Å². The topological polar surface area (TPSA) is 38.1 Å². The molecule has 120 valence electrons. The molecule has 0 radical (unpaired) electrons. The smallest absolute Gasteiger partial charge is 0.246 e. The fraction of sp³-hybridized carbons (Fsp3) is 0.368. The molecule has 2 aromatic rings. The second-order valence-electron chi connectivity index (χ2n) is 6.13. The van der Waals surface area contributed by atoms with Crippen LogP contribution in [0.1, 0.15) is 37.7 Å². The van der Waals surface area contributed by atoms with E-state index in [1.54, 1.807) is 12.3 Å². The van der Waals surface area contributed by atoms with Crippen LogP contribution in [-0.4, -0.2) is 33.7 Å². The molecule has 4 heteroatoms. The number of rotatable bonds is 4. The molecule has 0 N–H and O–H groups in total. The van der Waals surface area contributed by atoms with Crippen LogP contribution in [-0.2, 0) is 4.79 Å². The molecule has 1 aliphatic rings. The van der Waals surface area contributed by atoms with E-state index in [4.69, 9.17) is 0 Å². The van der Waals surface area contributed by atoms with E-state index >= 15 is 0 Å². The van der Waals surface area contributed by atoms with Crippen molar-refractivity contribution >= 4 is 12.0 Å². The van der Waals surface area contributed by atoms with Crippen molar-refractivity contribution in [2.75, 3.05) is 7.05 Å². The highest BCUT2D eigenvalue weighted by Gasteiger charge is 2.20. The third kappa shape index (κ3) is 3.89. The van der Waals surface area contributed by atoms with Crippen molar-refractivity contribution in [1.82, 2.24) is 14.7 Å². The quantitative estimate of drug-likeness (QED) is 0.808. The Morgan fingerprint density at radius 3 is 2.70 bits per heavy atom. The van der Waals surface area contributed by atoms with Gasteiger partial charge in [0.1, 0.15) is 0 Å². The van der Waals surface area contributed by atoms with E-state index in [-0.39, 0.29) is 5.91 Å². The molecule has 4 nitrogen and oxygen atoms in total. The largest absolute Gasteiger partial charge is 0.339 e. The van der Waals surface area contributed by atoms with E-state index in [9.17, 15) is 4.79 Å². The Morgan fingerprint density at radius 2 is 1.96 bits per heavy atom. The summed E-state index contributed by atoms with van der Waals surface area (Å²) in [7, 11) is 1.91. The Kier molecular flexibility index (Phi) is 4.91. The minimum absolute atomic E-state index is 0.0735. The number of nitrogens with zero attached hydrogens (tertiary/aromatic N) is 3. The lowest BCUT2D eigenvalue weighted by molar-refractivity contribution is -0.127. The highest BCUT2D eigenvalue weighted by atomic mass is 16.2. The molecule has 1 aliphatic carbocycles. The van der Waals surface area contributed by atoms with Gasteiger partial charge in [-0.15, -0.1) is 0 Å². The summed E-state index contributed by atoms with van der Waals surface area (Å²) in [5.74, 6) is 0.0735. The van der Waals surface area contributed by atoms with Gasteiger partial charge in [-0.2, -0.15) is 5.10 Å². The molecule has 1 saturated carbocycles. The first-order chi connectivity index (χ1) is 11.2. The van der Waals surface area contributed by atoms with Crippen molar-refractivity contribution in [2.45, 2.75) is 38.1 Å². The molecule has 1 heterocycles. The van der Waals surface area contributed by atoms with Gasteiger partial charge in [0.25, 0.3) is 0 Å². The fourth-order valence-electron chi connectivity index (χ4n) is 3.08. The summed E-state index contributed by atoms with van der Waals surface area (Å²) in [6, 6.07) is 10.3. The summed E-state index contributed by atoms with van der Waals surface area (Å²) in [6.45, 7) is 0. The van der Waals surface area contributed by atoms with Crippen LogP contribution in [0.2, 0.25) is 0 Å². The first-order valence-electron chi connectivity index (χ1n) is 8.29. The number of carbonyl (C=O) groups excluding carboxylic acids is 1. The molecule has 1 fully saturated rings. The van der Waals surface area contributed by atoms with Crippen LogP contribution in [0.15, 0.2) is 48.8 Å². The maximum absolute atomic E-state index is 12.3. The average Bonchev–Trinajstić information content (AvgIpc) is 3.09. The molecule has 0 aliphatic heterocycles. The zero-order chi connectivity index (χ0) is 16.1. The maximum Gasteiger partial charge on any atom is 0.246 e. The molecule has 0 unspecified atom stereocenters. The molecule has 0 atom stereocenters. The Balaban J connectivity index is 1.63. The van der Waals surface area contributed by atoms with Crippen LogP contribution >= 0.6 is 0 Å². The Bertz CT molecular complexity index is 669. The molecule has 1 aromatic heterocycles. The molecule has 0 saturated heterocycles. The normalized spacial score (nSPS) is 15.9. The standard InChI is InChI=1S/C19H23N3O/c1-21(17-8-4-2-5-9-17)19(23)13-12-16-14-20-22(15-16)18-10-6-3-7-11-18/h3,6-7,10-15,17H,2,4-5,8-9H2,1H3/b13-12+. The van der Waals surface area contributed by atoms with Crippen LogP contribution in [0, 0.1) is 0 Å². The Labute approximate surface area is 137 Å². The van der Waals surface area contributed by atoms with E-state index < -0.39 is 0 Å². The van der Waals surface area contributed by atoms with Crippen molar-refractivity contribution in [2.24, 2.45) is 0 Å². The summed E-state index contributed by atoms with van der Waals surface area (Å²) < 4.78 is 1.81. The summed E-state index contributed by atoms with van der Waals surface area (Å²) in [6.07, 6.45) is 13.2. The number of carbonyl (C=O) groups is 1. The SMILES string of the molecule is CN(C(=O)/C=C/c1cnn(-c2ccccc2)c1)C1CCCCC1. The number of benzene rings is 1. The number of likely N-dealkylation sites (N-methyl/N-ethyl adjacent to an activating group) is 1. The number of aromatic nitrogens is 2. The van der Waals surface area contributed by atoms with Crippen LogP contribution in [0.5, 0.6) is 0 Å². The number of hydrogen-bond donors (Lipinski definition) is 0. The number of para-hydroxylation sites is 1. The van der Waals surface area contributed by atoms with Crippen LogP contribution in [0.25, 0.3) is 11.8 Å². The highest BCUT2D eigenvalue weighted by molar-refractivity contribution is 5.91. The second-order valence-corrected chi connectivity index (χ2v) is 6.13. The minimum atomic E-state index is 0.0735. The van der Waals surface area contributed by atoms with Gasteiger partial charge in [0.15, 0.2) is 0 Å². The lowest BCUT2D eigenvalue weighted by atomic mass is 9.94. The monoisotopic (exact) mass is 309 g/mol. The van der Waals surface area contributed by atoms with Crippen molar-refractivity contribution in [3.63, 3.8) is 0 Å². The molecule has 3 rings (SSSR count). The third-order valence-corrected chi connectivity index (χ3v) is 4.51. The first-order valence-corrected chi connectivity index (χ1v) is 8.29. The highest BCUT2D eigenvalue weighted by Crippen LogP contribution is 2.21. The molecule has 0 spiro atoms. The van der Waals surface area contributed by atoms with Crippen molar-refractivity contribution < 1.29 is 4.79 Å². The fourth-order valence-corrected chi connectivity index (χ4v) is 3.08. The van der Waals surface area contributed by atoms with Gasteiger partial charge < -0.3 is 4.90 Å². The van der Waals surface area contributed by atoms with Crippen molar-refractivity contribution in [3.05, 3.63) is 54.4 Å². The maximum atomic E-state index is 12.3. The first kappa shape index (κ1) is 15.5. The second kappa shape index (κ2) is 7.27. The molecule has 0 bridgehead atoms. The summed E-state index contributed by atoms with van der Waals surface area (Å²) >= 11 is 0. The lowest BCUT2D eigenvalue weighted by Gasteiger charge is -2.30. The zero-order valence-electron chi connectivity index (χ0n) is 13.6. The van der Waals surface area contributed by atoms with Crippen LogP contribution in [0.3, 0.4) is 0 Å². The van der Waals surface area contributed by atoms with Crippen LogP contribution in [0.4, 0.5) is 0 Å². The van der Waals surface area contributed by atoms with Gasteiger partial charge in [-0.1, -0.05) is 37.5 Å². The number of amides is 1. The summed E-state index contributed by atoms with van der Waals surface area (Å²) in [5, 5.41) is 4.34. The van der Waals surface area contributed by atoms with Gasteiger partial charge in [0, 0.05) is 30.9 Å². The Morgan fingerprint density at radius 1 is 1.22 bits per heavy atom. The predicted octanol–water partition coefficient (Wildman–Crippen LogP) is 3.68. The molecular formula is C19H23N3O. The van der Waals surface area contributed by atoms with Crippen LogP contribution < -0.4 is 0 Å². The predicted molar refractivity (Wildman–Crippen MR) is 92.2 cm³/mol. The van der Waals surface area contributed by atoms with Gasteiger partial charge in [-0.25, -0.2) is 4.68 Å². The molecular weight excluding hydrogens is 286 g/mol. The van der Waals surface area contributed by atoms with E-state index in [1.165, 1.54) is 19.3 Å². The van der Waals surface area contributed by atoms with Gasteiger partial charge >= 0.3 is 0 Å². The van der Waals surface area contributed by atoms with E-state index in [0.29, 0.717) is 6.04 Å². The van der Waals surface area contributed by atoms with Gasteiger partial charge in [-0.3, -0.25) is 4.79 Å². The van der Waals surface area contributed by atoms with Gasteiger partial charge in [0.2, 0.25) is 5.91 Å². The summed E-state index contributed by atoms with van der Waals surface area (Å²) in [4.78, 5) is 14.2. The van der Waals surface area contributed by atoms with E-state index in [2.05, 4.69) is 5.10 Å². The van der Waals surface area contributed by atoms with Crippen molar-refractivity contribution in [1.29, 1.82) is 0 Å². The third-order valence-electron chi connectivity index (χ3n) is 4.51. The van der Waals surface area contributed by atoms with Gasteiger partial charge in [0.05, 0.1) is 11.9 Å². The summed E-state index contributed by atoms with van der Waals surface area (Å²) in [5.41, 5.74) is 1.94. The minimum Gasteiger partial charge on any atom is -0.339 e. The van der Waals surface area contributed by atoms with Crippen molar-refractivity contribution in [3.8, 4) is 5.69 Å². The lowest BCUT2D eigenvalue weighted by Crippen LogP contribution is -2.37. The molecule has 1 amide bonds. The molecule has 23 heavy (non-hydrogen) atoms.